The van der Waals surface area contributed by atoms with E-state index < -0.39 is 0 Å². The lowest BCUT2D eigenvalue weighted by molar-refractivity contribution is 0.131. The summed E-state index contributed by atoms with van der Waals surface area (Å²) >= 11 is 0. The van der Waals surface area contributed by atoms with E-state index in [1.54, 1.807) is 12.8 Å². The van der Waals surface area contributed by atoms with Crippen molar-refractivity contribution >= 4 is 0 Å². The molecular formula is C36H70N2. The van der Waals surface area contributed by atoms with Crippen molar-refractivity contribution in [2.24, 2.45) is 29.6 Å². The molecule has 2 N–H and O–H groups in total. The Morgan fingerprint density at radius 1 is 0.421 bits per heavy atom. The number of hydrogen-bond acceptors (Lipinski definition) is 2. The first-order valence-electron chi connectivity index (χ1n) is 18.3. The fourth-order valence-corrected chi connectivity index (χ4v) is 8.39. The van der Waals surface area contributed by atoms with Crippen LogP contribution in [0.4, 0.5) is 0 Å². The molecule has 1 heterocycles. The Hall–Kier alpha value is -0.0800. The molecule has 0 aromatic heterocycles. The van der Waals surface area contributed by atoms with Gasteiger partial charge in [-0.2, -0.15) is 0 Å². The Bertz CT molecular complexity index is 539. The maximum Gasteiger partial charge on any atom is 0.0601 e. The zero-order valence-corrected chi connectivity index (χ0v) is 26.3. The quantitative estimate of drug-likeness (QED) is 0.136. The van der Waals surface area contributed by atoms with Crippen molar-refractivity contribution < 1.29 is 0 Å². The van der Waals surface area contributed by atoms with Gasteiger partial charge >= 0.3 is 0 Å². The number of rotatable bonds is 22. The standard InChI is InChI=1S/C36H70N2/c1-3-5-7-9-11-13-14-15-17-18-20-22-31-26-33-24-25-34(28-35(33)27-31)36-37-29-32(30-38-36)23-21-19-16-12-10-8-6-4-2/h31-38H,3-30H2,1-2H3. The predicted molar refractivity (Wildman–Crippen MR) is 169 cm³/mol. The van der Waals surface area contributed by atoms with E-state index in [-0.39, 0.29) is 0 Å². The summed E-state index contributed by atoms with van der Waals surface area (Å²) in [6.45, 7) is 7.16. The third-order valence-electron chi connectivity index (χ3n) is 10.9. The largest absolute Gasteiger partial charge is 0.301 e. The van der Waals surface area contributed by atoms with Crippen molar-refractivity contribution in [3.8, 4) is 0 Å². The smallest absolute Gasteiger partial charge is 0.0601 e. The van der Waals surface area contributed by atoms with E-state index in [0.717, 1.165) is 29.6 Å². The Morgan fingerprint density at radius 2 is 0.842 bits per heavy atom. The average molecular weight is 531 g/mol. The van der Waals surface area contributed by atoms with Crippen LogP contribution in [0.5, 0.6) is 0 Å². The summed E-state index contributed by atoms with van der Waals surface area (Å²) in [5.74, 6) is 4.93. The molecule has 224 valence electrons. The van der Waals surface area contributed by atoms with Gasteiger partial charge < -0.3 is 10.6 Å². The van der Waals surface area contributed by atoms with Crippen LogP contribution in [0.2, 0.25) is 0 Å². The van der Waals surface area contributed by atoms with Gasteiger partial charge in [0, 0.05) is 13.1 Å². The van der Waals surface area contributed by atoms with Gasteiger partial charge in [-0.25, -0.2) is 0 Å². The first-order chi connectivity index (χ1) is 18.8. The minimum Gasteiger partial charge on any atom is -0.301 e. The van der Waals surface area contributed by atoms with Gasteiger partial charge in [0.15, 0.2) is 0 Å². The van der Waals surface area contributed by atoms with Gasteiger partial charge in [0.05, 0.1) is 6.17 Å². The molecule has 1 saturated heterocycles. The van der Waals surface area contributed by atoms with Gasteiger partial charge in [-0.3, -0.25) is 0 Å². The number of fused-ring (bicyclic) bond motifs is 1. The van der Waals surface area contributed by atoms with Gasteiger partial charge in [-0.1, -0.05) is 142 Å². The molecule has 3 rings (SSSR count). The van der Waals surface area contributed by atoms with Gasteiger partial charge in [0.1, 0.15) is 0 Å². The van der Waals surface area contributed by atoms with Crippen LogP contribution < -0.4 is 10.6 Å². The van der Waals surface area contributed by atoms with Gasteiger partial charge in [0.2, 0.25) is 0 Å². The maximum atomic E-state index is 3.97. The molecule has 0 aromatic carbocycles. The van der Waals surface area contributed by atoms with Crippen LogP contribution in [0.15, 0.2) is 0 Å². The molecule has 38 heavy (non-hydrogen) atoms. The highest BCUT2D eigenvalue weighted by molar-refractivity contribution is 4.93. The summed E-state index contributed by atoms with van der Waals surface area (Å²) in [4.78, 5) is 0. The molecule has 2 nitrogen and oxygen atoms in total. The zero-order valence-electron chi connectivity index (χ0n) is 26.3. The minimum absolute atomic E-state index is 0.608. The Kier molecular flexibility index (Phi) is 17.7. The second-order valence-corrected chi connectivity index (χ2v) is 14.2. The van der Waals surface area contributed by atoms with Crippen molar-refractivity contribution in [2.45, 2.75) is 187 Å². The van der Waals surface area contributed by atoms with E-state index in [2.05, 4.69) is 24.5 Å². The van der Waals surface area contributed by atoms with E-state index in [9.17, 15) is 0 Å². The number of nitrogens with one attached hydrogen (secondary N) is 2. The monoisotopic (exact) mass is 531 g/mol. The highest BCUT2D eigenvalue weighted by Gasteiger charge is 2.40. The summed E-state index contributed by atoms with van der Waals surface area (Å²) in [5.41, 5.74) is 0. The van der Waals surface area contributed by atoms with Crippen LogP contribution in [0.3, 0.4) is 0 Å². The van der Waals surface area contributed by atoms with Crippen molar-refractivity contribution in [3.63, 3.8) is 0 Å². The predicted octanol–water partition coefficient (Wildman–Crippen LogP) is 10.8. The van der Waals surface area contributed by atoms with Crippen LogP contribution >= 0.6 is 0 Å². The molecule has 0 spiro atoms. The van der Waals surface area contributed by atoms with E-state index >= 15 is 0 Å². The molecule has 4 atom stereocenters. The summed E-state index contributed by atoms with van der Waals surface area (Å²) in [7, 11) is 0. The topological polar surface area (TPSA) is 24.1 Å². The lowest BCUT2D eigenvalue weighted by Gasteiger charge is -2.41. The third-order valence-corrected chi connectivity index (χ3v) is 10.9. The van der Waals surface area contributed by atoms with Crippen LogP contribution in [-0.2, 0) is 0 Å². The molecule has 2 aliphatic carbocycles. The average Bonchev–Trinajstić information content (AvgIpc) is 3.35. The third kappa shape index (κ3) is 13.1. The Balaban J connectivity index is 1.16. The summed E-state index contributed by atoms with van der Waals surface area (Å²) < 4.78 is 0. The molecule has 0 radical (unpaired) electrons. The van der Waals surface area contributed by atoms with E-state index in [0.29, 0.717) is 6.17 Å². The van der Waals surface area contributed by atoms with Crippen LogP contribution in [-0.4, -0.2) is 19.3 Å². The molecule has 3 aliphatic rings. The normalized spacial score (nSPS) is 29.5. The molecule has 1 aliphatic heterocycles. The highest BCUT2D eigenvalue weighted by Crippen LogP contribution is 2.49. The van der Waals surface area contributed by atoms with Crippen LogP contribution in [0.1, 0.15) is 181 Å². The van der Waals surface area contributed by atoms with E-state index in [4.69, 9.17) is 0 Å². The summed E-state index contributed by atoms with van der Waals surface area (Å²) in [6.07, 6.45) is 39.0. The molecule has 0 bridgehead atoms. The molecule has 0 amide bonds. The van der Waals surface area contributed by atoms with Crippen molar-refractivity contribution in [1.82, 2.24) is 10.6 Å². The lowest BCUT2D eigenvalue weighted by atomic mass is 9.74. The number of unbranched alkanes of at least 4 members (excludes halogenated alkanes) is 17. The van der Waals surface area contributed by atoms with Crippen molar-refractivity contribution in [2.75, 3.05) is 13.1 Å². The zero-order chi connectivity index (χ0) is 26.7. The lowest BCUT2D eigenvalue weighted by Crippen LogP contribution is -2.57. The maximum absolute atomic E-state index is 3.97. The Labute approximate surface area is 240 Å². The molecular weight excluding hydrogens is 460 g/mol. The van der Waals surface area contributed by atoms with Crippen molar-refractivity contribution in [1.29, 1.82) is 0 Å². The highest BCUT2D eigenvalue weighted by atomic mass is 15.2. The minimum atomic E-state index is 0.608. The fraction of sp³-hybridized carbons (Fsp3) is 1.00. The second-order valence-electron chi connectivity index (χ2n) is 14.2. The molecule has 0 aromatic rings. The van der Waals surface area contributed by atoms with E-state index in [1.807, 2.05) is 0 Å². The molecule has 2 heteroatoms. The van der Waals surface area contributed by atoms with E-state index in [1.165, 1.54) is 167 Å². The van der Waals surface area contributed by atoms with Gasteiger partial charge in [-0.15, -0.1) is 0 Å². The Morgan fingerprint density at radius 3 is 1.37 bits per heavy atom. The summed E-state index contributed by atoms with van der Waals surface area (Å²) in [6, 6.07) is 0. The van der Waals surface area contributed by atoms with Gasteiger partial charge in [-0.05, 0) is 68.1 Å². The van der Waals surface area contributed by atoms with Gasteiger partial charge in [0.25, 0.3) is 0 Å². The SMILES string of the molecule is CCCCCCCCCCCCCC1CC2CCC(C3NCC(CCCCCCCCCC)CN3)CC2C1. The summed E-state index contributed by atoms with van der Waals surface area (Å²) in [5, 5.41) is 7.94. The van der Waals surface area contributed by atoms with Crippen molar-refractivity contribution in [3.05, 3.63) is 0 Å². The first-order valence-corrected chi connectivity index (χ1v) is 18.3. The number of hydrogen-bond donors (Lipinski definition) is 2. The van der Waals surface area contributed by atoms with Crippen LogP contribution in [0.25, 0.3) is 0 Å². The molecule has 4 unspecified atom stereocenters. The molecule has 3 fully saturated rings. The first kappa shape index (κ1) is 32.4. The second kappa shape index (κ2) is 20.7. The fourth-order valence-electron chi connectivity index (χ4n) is 8.39. The van der Waals surface area contributed by atoms with Crippen LogP contribution in [0, 0.1) is 29.6 Å². The molecule has 2 saturated carbocycles.